The van der Waals surface area contributed by atoms with E-state index in [1.165, 1.54) is 17.0 Å². The Labute approximate surface area is 120 Å². The fraction of sp³-hybridized carbons (Fsp3) is 0.357. The van der Waals surface area contributed by atoms with Gasteiger partial charge in [-0.3, -0.25) is 9.36 Å². The number of carbonyl (C=O) groups is 1. The van der Waals surface area contributed by atoms with Crippen molar-refractivity contribution in [1.29, 1.82) is 0 Å². The van der Waals surface area contributed by atoms with Crippen molar-refractivity contribution in [3.8, 4) is 0 Å². The molecule has 0 saturated heterocycles. The quantitative estimate of drug-likeness (QED) is 0.844. The van der Waals surface area contributed by atoms with E-state index in [9.17, 15) is 14.0 Å². The van der Waals surface area contributed by atoms with Crippen LogP contribution in [-0.4, -0.2) is 27.2 Å². The van der Waals surface area contributed by atoms with Gasteiger partial charge in [-0.25, -0.2) is 14.3 Å². The summed E-state index contributed by atoms with van der Waals surface area (Å²) < 4.78 is 15.0. The van der Waals surface area contributed by atoms with Crippen LogP contribution >= 0.6 is 0 Å². The third-order valence-corrected chi connectivity index (χ3v) is 3.85. The van der Waals surface area contributed by atoms with Crippen molar-refractivity contribution in [2.45, 2.75) is 24.8 Å². The summed E-state index contributed by atoms with van der Waals surface area (Å²) in [4.78, 5) is 23.1. The number of hydrogen-bond acceptors (Lipinski definition) is 3. The smallest absolute Gasteiger partial charge is 0.343 e. The first-order valence-electron chi connectivity index (χ1n) is 6.72. The molecule has 7 heteroatoms. The van der Waals surface area contributed by atoms with Gasteiger partial charge in [0.1, 0.15) is 18.7 Å². The average Bonchev–Trinajstić information content (AvgIpc) is 3.16. The Morgan fingerprint density at radius 2 is 2.19 bits per heavy atom. The first-order chi connectivity index (χ1) is 10.1. The number of benzene rings is 1. The van der Waals surface area contributed by atoms with Crippen LogP contribution in [0.4, 0.5) is 4.39 Å². The molecule has 1 aliphatic carbocycles. The van der Waals surface area contributed by atoms with Gasteiger partial charge < -0.3 is 5.32 Å². The summed E-state index contributed by atoms with van der Waals surface area (Å²) in [7, 11) is 0. The molecule has 1 amide bonds. The Bertz CT molecular complexity index is 718. The van der Waals surface area contributed by atoms with Crippen molar-refractivity contribution in [3.05, 3.63) is 52.5 Å². The van der Waals surface area contributed by atoms with Crippen LogP contribution in [0.5, 0.6) is 0 Å². The van der Waals surface area contributed by atoms with Gasteiger partial charge in [-0.15, -0.1) is 0 Å². The van der Waals surface area contributed by atoms with Crippen LogP contribution in [0.25, 0.3) is 0 Å². The van der Waals surface area contributed by atoms with Gasteiger partial charge in [0.15, 0.2) is 0 Å². The third kappa shape index (κ3) is 2.72. The molecule has 1 aliphatic rings. The Morgan fingerprint density at radius 3 is 2.81 bits per heavy atom. The minimum Gasteiger partial charge on any atom is -0.354 e. The summed E-state index contributed by atoms with van der Waals surface area (Å²) in [6.07, 6.45) is 2.96. The second kappa shape index (κ2) is 5.16. The largest absolute Gasteiger partial charge is 0.354 e. The molecule has 0 atom stereocenters. The molecule has 1 fully saturated rings. The highest BCUT2D eigenvalue weighted by molar-refractivity contribution is 5.75. The van der Waals surface area contributed by atoms with Crippen molar-refractivity contribution in [2.24, 2.45) is 0 Å². The van der Waals surface area contributed by atoms with Gasteiger partial charge in [-0.05, 0) is 24.5 Å². The third-order valence-electron chi connectivity index (χ3n) is 3.85. The van der Waals surface area contributed by atoms with E-state index in [4.69, 9.17) is 0 Å². The van der Waals surface area contributed by atoms with E-state index in [-0.39, 0.29) is 23.7 Å². The predicted molar refractivity (Wildman–Crippen MR) is 73.2 cm³/mol. The van der Waals surface area contributed by atoms with Gasteiger partial charge in [-0.2, -0.15) is 5.10 Å². The van der Waals surface area contributed by atoms with E-state index >= 15 is 0 Å². The Kier molecular flexibility index (Phi) is 3.32. The molecular weight excluding hydrogens is 275 g/mol. The lowest BCUT2D eigenvalue weighted by molar-refractivity contribution is -0.121. The molecule has 0 aliphatic heterocycles. The van der Waals surface area contributed by atoms with Crippen molar-refractivity contribution in [2.75, 3.05) is 6.54 Å². The maximum absolute atomic E-state index is 13.8. The summed E-state index contributed by atoms with van der Waals surface area (Å²) in [6.45, 7) is 0.280. The summed E-state index contributed by atoms with van der Waals surface area (Å²) in [5, 5.41) is 8.54. The van der Waals surface area contributed by atoms with E-state index in [0.717, 1.165) is 12.8 Å². The van der Waals surface area contributed by atoms with Crippen molar-refractivity contribution < 1.29 is 9.18 Å². The highest BCUT2D eigenvalue weighted by Gasteiger charge is 2.45. The normalized spacial score (nSPS) is 15.7. The molecule has 0 spiro atoms. The number of hydrogen-bond donors (Lipinski definition) is 2. The number of halogens is 1. The molecule has 1 aromatic heterocycles. The number of aromatic nitrogens is 3. The number of rotatable bonds is 5. The van der Waals surface area contributed by atoms with Gasteiger partial charge in [-0.1, -0.05) is 18.2 Å². The molecule has 2 aromatic rings. The number of aromatic amines is 1. The zero-order valence-corrected chi connectivity index (χ0v) is 11.3. The van der Waals surface area contributed by atoms with E-state index < -0.39 is 5.69 Å². The van der Waals surface area contributed by atoms with Crippen LogP contribution in [0, 0.1) is 5.82 Å². The van der Waals surface area contributed by atoms with Gasteiger partial charge in [0.25, 0.3) is 0 Å². The van der Waals surface area contributed by atoms with Crippen LogP contribution < -0.4 is 11.0 Å². The standard InChI is InChI=1S/C14H15FN4O2/c15-11-4-2-1-3-10(11)14(5-6-14)8-16-12(20)7-19-9-17-18-13(19)21/h1-4,9H,5-8H2,(H,16,20)(H,18,21). The van der Waals surface area contributed by atoms with Crippen LogP contribution in [0.3, 0.4) is 0 Å². The van der Waals surface area contributed by atoms with E-state index in [1.807, 2.05) is 0 Å². The molecule has 0 radical (unpaired) electrons. The molecule has 3 rings (SSSR count). The molecule has 0 bridgehead atoms. The Morgan fingerprint density at radius 1 is 1.43 bits per heavy atom. The molecule has 110 valence electrons. The average molecular weight is 290 g/mol. The topological polar surface area (TPSA) is 79.8 Å². The predicted octanol–water partition coefficient (Wildman–Crippen LogP) is 0.559. The molecule has 1 aromatic carbocycles. The summed E-state index contributed by atoms with van der Waals surface area (Å²) in [5.41, 5.74) is -0.0892. The minimum absolute atomic E-state index is 0.0946. The summed E-state index contributed by atoms with van der Waals surface area (Å²) in [5.74, 6) is -0.531. The lowest BCUT2D eigenvalue weighted by Crippen LogP contribution is -2.36. The number of nitrogens with one attached hydrogen (secondary N) is 2. The Hall–Kier alpha value is -2.44. The van der Waals surface area contributed by atoms with E-state index in [0.29, 0.717) is 12.1 Å². The number of nitrogens with zero attached hydrogens (tertiary/aromatic N) is 2. The fourth-order valence-corrected chi connectivity index (χ4v) is 2.44. The summed E-state index contributed by atoms with van der Waals surface area (Å²) >= 11 is 0. The molecule has 6 nitrogen and oxygen atoms in total. The van der Waals surface area contributed by atoms with Crippen LogP contribution in [0.15, 0.2) is 35.4 Å². The van der Waals surface area contributed by atoms with Crippen LogP contribution in [-0.2, 0) is 16.8 Å². The van der Waals surface area contributed by atoms with Crippen LogP contribution in [0.2, 0.25) is 0 Å². The molecule has 2 N–H and O–H groups in total. The number of H-pyrrole nitrogens is 1. The zero-order chi connectivity index (χ0) is 14.9. The summed E-state index contributed by atoms with van der Waals surface area (Å²) in [6, 6.07) is 6.64. The van der Waals surface area contributed by atoms with Gasteiger partial charge in [0.05, 0.1) is 0 Å². The Balaban J connectivity index is 1.63. The second-order valence-electron chi connectivity index (χ2n) is 5.33. The van der Waals surface area contributed by atoms with Gasteiger partial charge in [0, 0.05) is 12.0 Å². The monoisotopic (exact) mass is 290 g/mol. The van der Waals surface area contributed by atoms with E-state index in [1.54, 1.807) is 18.2 Å². The lowest BCUT2D eigenvalue weighted by Gasteiger charge is -2.17. The molecule has 21 heavy (non-hydrogen) atoms. The molecule has 0 unspecified atom stereocenters. The highest BCUT2D eigenvalue weighted by Crippen LogP contribution is 2.48. The first-order valence-corrected chi connectivity index (χ1v) is 6.72. The highest BCUT2D eigenvalue weighted by atomic mass is 19.1. The maximum atomic E-state index is 13.8. The maximum Gasteiger partial charge on any atom is 0.343 e. The number of carbonyl (C=O) groups excluding carboxylic acids is 1. The fourth-order valence-electron chi connectivity index (χ4n) is 2.44. The van der Waals surface area contributed by atoms with Crippen molar-refractivity contribution >= 4 is 5.91 Å². The first kappa shape index (κ1) is 13.5. The molecule has 1 heterocycles. The van der Waals surface area contributed by atoms with Crippen LogP contribution in [0.1, 0.15) is 18.4 Å². The zero-order valence-electron chi connectivity index (χ0n) is 11.3. The molecule has 1 saturated carbocycles. The number of amides is 1. The minimum atomic E-state index is -0.430. The second-order valence-corrected chi connectivity index (χ2v) is 5.33. The van der Waals surface area contributed by atoms with E-state index in [2.05, 4.69) is 15.5 Å². The lowest BCUT2D eigenvalue weighted by atomic mass is 9.95. The van der Waals surface area contributed by atoms with Gasteiger partial charge in [0.2, 0.25) is 5.91 Å². The van der Waals surface area contributed by atoms with Gasteiger partial charge >= 0.3 is 5.69 Å². The SMILES string of the molecule is O=C(Cn1cn[nH]c1=O)NCC1(c2ccccc2F)CC1. The van der Waals surface area contributed by atoms with Crippen molar-refractivity contribution in [1.82, 2.24) is 20.1 Å². The molecular formula is C14H15FN4O2. The van der Waals surface area contributed by atoms with Crippen molar-refractivity contribution in [3.63, 3.8) is 0 Å².